The van der Waals surface area contributed by atoms with Crippen LogP contribution in [0.5, 0.6) is 0 Å². The lowest BCUT2D eigenvalue weighted by molar-refractivity contribution is -0.143. The fourth-order valence-electron chi connectivity index (χ4n) is 0.874. The van der Waals surface area contributed by atoms with Crippen LogP contribution < -0.4 is 0 Å². The number of ether oxygens (including phenoxy) is 2. The lowest BCUT2D eigenvalue weighted by atomic mass is 10.5. The third kappa shape index (κ3) is 32.4. The highest BCUT2D eigenvalue weighted by molar-refractivity contribution is 5.68. The molecule has 21 heavy (non-hydrogen) atoms. The molecule has 0 aromatic heterocycles. The van der Waals surface area contributed by atoms with Crippen molar-refractivity contribution in [2.45, 2.75) is 61.8 Å². The minimum Gasteiger partial charge on any atom is -0.465 e. The maximum atomic E-state index is 10.8. The van der Waals surface area contributed by atoms with E-state index < -0.39 is 0 Å². The van der Waals surface area contributed by atoms with Crippen LogP contribution in [0.15, 0.2) is 0 Å². The van der Waals surface area contributed by atoms with Crippen LogP contribution in [-0.4, -0.2) is 50.2 Å². The van der Waals surface area contributed by atoms with Gasteiger partial charge >= 0.3 is 11.9 Å². The van der Waals surface area contributed by atoms with Crippen LogP contribution in [-0.2, 0) is 19.1 Å². The van der Waals surface area contributed by atoms with Crippen molar-refractivity contribution in [2.75, 3.05) is 33.4 Å². The predicted molar refractivity (Wildman–Crippen MR) is 89.4 cm³/mol. The second kappa shape index (κ2) is 27.3. The SMILES string of the molecule is CC.CC.CC.CCC(=O)OCCN(C)CCOC(C)=O. The van der Waals surface area contributed by atoms with Crippen molar-refractivity contribution < 1.29 is 19.1 Å². The highest BCUT2D eigenvalue weighted by Crippen LogP contribution is 1.88. The molecule has 0 aliphatic carbocycles. The first kappa shape index (κ1) is 28.1. The largest absolute Gasteiger partial charge is 0.465 e. The molecule has 0 atom stereocenters. The van der Waals surface area contributed by atoms with Gasteiger partial charge in [0.2, 0.25) is 0 Å². The van der Waals surface area contributed by atoms with Crippen LogP contribution >= 0.6 is 0 Å². The van der Waals surface area contributed by atoms with Gasteiger partial charge in [-0.1, -0.05) is 48.5 Å². The highest BCUT2D eigenvalue weighted by Gasteiger charge is 2.02. The topological polar surface area (TPSA) is 55.8 Å². The summed E-state index contributed by atoms with van der Waals surface area (Å²) in [6, 6.07) is 0. The average Bonchev–Trinajstić information content (AvgIpc) is 2.52. The van der Waals surface area contributed by atoms with E-state index in [0.717, 1.165) is 0 Å². The molecule has 0 saturated heterocycles. The van der Waals surface area contributed by atoms with Gasteiger partial charge < -0.3 is 9.47 Å². The molecule has 130 valence electrons. The molecule has 0 amide bonds. The van der Waals surface area contributed by atoms with Crippen molar-refractivity contribution in [3.05, 3.63) is 0 Å². The summed E-state index contributed by atoms with van der Waals surface area (Å²) in [6.45, 7) is 17.2. The van der Waals surface area contributed by atoms with Crippen molar-refractivity contribution >= 4 is 11.9 Å². The van der Waals surface area contributed by atoms with Crippen molar-refractivity contribution in [3.8, 4) is 0 Å². The zero-order valence-corrected chi connectivity index (χ0v) is 15.6. The summed E-state index contributed by atoms with van der Waals surface area (Å²) >= 11 is 0. The highest BCUT2D eigenvalue weighted by atomic mass is 16.5. The van der Waals surface area contributed by atoms with E-state index in [9.17, 15) is 9.59 Å². The molecule has 0 spiro atoms. The first-order chi connectivity index (χ1) is 10.1. The van der Waals surface area contributed by atoms with E-state index in [1.807, 2.05) is 53.5 Å². The molecule has 0 fully saturated rings. The summed E-state index contributed by atoms with van der Waals surface area (Å²) in [5, 5.41) is 0. The minimum atomic E-state index is -0.277. The second-order valence-corrected chi connectivity index (χ2v) is 3.22. The first-order valence-electron chi connectivity index (χ1n) is 8.03. The molecule has 0 aromatic rings. The molecular formula is C16H37NO4. The van der Waals surface area contributed by atoms with Gasteiger partial charge in [0.15, 0.2) is 0 Å². The summed E-state index contributed by atoms with van der Waals surface area (Å²) in [6.07, 6.45) is 0.400. The summed E-state index contributed by atoms with van der Waals surface area (Å²) in [5.74, 6) is -0.468. The lowest BCUT2D eigenvalue weighted by Crippen LogP contribution is -2.28. The fraction of sp³-hybridized carbons (Fsp3) is 0.875. The predicted octanol–water partition coefficient (Wildman–Crippen LogP) is 3.51. The molecule has 0 aliphatic heterocycles. The molecular weight excluding hydrogens is 270 g/mol. The molecule has 0 radical (unpaired) electrons. The van der Waals surface area contributed by atoms with E-state index >= 15 is 0 Å². The zero-order chi connectivity index (χ0) is 17.7. The quantitative estimate of drug-likeness (QED) is 0.674. The molecule has 0 N–H and O–H groups in total. The van der Waals surface area contributed by atoms with Gasteiger partial charge in [-0.25, -0.2) is 0 Å². The van der Waals surface area contributed by atoms with Gasteiger partial charge in [0, 0.05) is 26.4 Å². The lowest BCUT2D eigenvalue weighted by Gasteiger charge is -2.15. The van der Waals surface area contributed by atoms with Gasteiger partial charge in [-0.2, -0.15) is 0 Å². The van der Waals surface area contributed by atoms with Crippen LogP contribution in [0.2, 0.25) is 0 Å². The minimum absolute atomic E-state index is 0.191. The molecule has 0 bridgehead atoms. The van der Waals surface area contributed by atoms with Crippen molar-refractivity contribution in [1.29, 1.82) is 0 Å². The standard InChI is InChI=1S/C10H19NO4.3C2H6/c1-4-10(13)15-8-6-11(3)5-7-14-9(2)12;3*1-2/h4-8H2,1-3H3;3*1-2H3. The average molecular weight is 307 g/mol. The van der Waals surface area contributed by atoms with Crippen molar-refractivity contribution in [1.82, 2.24) is 4.90 Å². The fourth-order valence-corrected chi connectivity index (χ4v) is 0.874. The Morgan fingerprint density at radius 1 is 0.857 bits per heavy atom. The third-order valence-corrected chi connectivity index (χ3v) is 1.80. The van der Waals surface area contributed by atoms with Gasteiger partial charge in [0.25, 0.3) is 0 Å². The number of carbonyl (C=O) groups is 2. The third-order valence-electron chi connectivity index (χ3n) is 1.80. The van der Waals surface area contributed by atoms with E-state index in [2.05, 4.69) is 0 Å². The van der Waals surface area contributed by atoms with Crippen LogP contribution in [0.4, 0.5) is 0 Å². The number of hydrogen-bond donors (Lipinski definition) is 0. The zero-order valence-electron chi connectivity index (χ0n) is 15.6. The van der Waals surface area contributed by atoms with Crippen molar-refractivity contribution in [2.24, 2.45) is 0 Å². The Balaban J connectivity index is -0.000000212. The molecule has 5 nitrogen and oxygen atoms in total. The number of hydrogen-bond acceptors (Lipinski definition) is 5. The van der Waals surface area contributed by atoms with Crippen LogP contribution in [0.3, 0.4) is 0 Å². The first-order valence-corrected chi connectivity index (χ1v) is 8.03. The molecule has 0 heterocycles. The maximum Gasteiger partial charge on any atom is 0.305 e. The van der Waals surface area contributed by atoms with Gasteiger partial charge in [-0.05, 0) is 7.05 Å². The second-order valence-electron chi connectivity index (χ2n) is 3.22. The van der Waals surface area contributed by atoms with E-state index in [-0.39, 0.29) is 11.9 Å². The van der Waals surface area contributed by atoms with Gasteiger partial charge in [0.05, 0.1) is 0 Å². The number of esters is 2. The van der Waals surface area contributed by atoms with E-state index in [1.54, 1.807) is 6.92 Å². The number of likely N-dealkylation sites (N-methyl/N-ethyl adjacent to an activating group) is 1. The molecule has 0 unspecified atom stereocenters. The van der Waals surface area contributed by atoms with Gasteiger partial charge in [-0.15, -0.1) is 0 Å². The van der Waals surface area contributed by atoms with E-state index in [0.29, 0.717) is 32.7 Å². The Morgan fingerprint density at radius 3 is 1.57 bits per heavy atom. The number of nitrogens with zero attached hydrogens (tertiary/aromatic N) is 1. The van der Waals surface area contributed by atoms with Gasteiger partial charge in [0.1, 0.15) is 13.2 Å². The smallest absolute Gasteiger partial charge is 0.305 e. The van der Waals surface area contributed by atoms with Gasteiger partial charge in [-0.3, -0.25) is 14.5 Å². The molecule has 0 saturated carbocycles. The number of rotatable bonds is 7. The monoisotopic (exact) mass is 307 g/mol. The Bertz CT molecular complexity index is 208. The summed E-state index contributed by atoms with van der Waals surface area (Å²) in [7, 11) is 1.88. The Labute approximate surface area is 132 Å². The molecule has 0 aromatic carbocycles. The summed E-state index contributed by atoms with van der Waals surface area (Å²) in [4.78, 5) is 23.2. The summed E-state index contributed by atoms with van der Waals surface area (Å²) in [5.41, 5.74) is 0. The number of carbonyl (C=O) groups excluding carboxylic acids is 2. The van der Waals surface area contributed by atoms with E-state index in [1.165, 1.54) is 6.92 Å². The Morgan fingerprint density at radius 2 is 1.24 bits per heavy atom. The van der Waals surface area contributed by atoms with Crippen molar-refractivity contribution in [3.63, 3.8) is 0 Å². The molecule has 0 aliphatic rings. The van der Waals surface area contributed by atoms with Crippen LogP contribution in [0.1, 0.15) is 61.8 Å². The molecule has 5 heteroatoms. The summed E-state index contributed by atoms with van der Waals surface area (Å²) < 4.78 is 9.67. The normalized spacial score (nSPS) is 8.10. The van der Waals surface area contributed by atoms with Crippen LogP contribution in [0, 0.1) is 0 Å². The Kier molecular flexibility index (Phi) is 36.5. The maximum absolute atomic E-state index is 10.8. The van der Waals surface area contributed by atoms with E-state index in [4.69, 9.17) is 9.47 Å². The Hall–Kier alpha value is -1.10. The molecule has 0 rings (SSSR count). The van der Waals surface area contributed by atoms with Crippen LogP contribution in [0.25, 0.3) is 0 Å².